The van der Waals surface area contributed by atoms with Crippen LogP contribution in [0.2, 0.25) is 0 Å². The van der Waals surface area contributed by atoms with Crippen molar-refractivity contribution in [2.75, 3.05) is 31.1 Å². The molecule has 2 aliphatic rings. The quantitative estimate of drug-likeness (QED) is 0.763. The Hall–Kier alpha value is -2.29. The van der Waals surface area contributed by atoms with Gasteiger partial charge in [0.1, 0.15) is 6.07 Å². The molecule has 0 radical (unpaired) electrons. The van der Waals surface area contributed by atoms with Crippen molar-refractivity contribution in [2.45, 2.75) is 6.04 Å². The number of hydrogen-bond donors (Lipinski definition) is 1. The summed E-state index contributed by atoms with van der Waals surface area (Å²) >= 11 is 0. The lowest BCUT2D eigenvalue weighted by atomic mass is 10.1. The van der Waals surface area contributed by atoms with Crippen LogP contribution in [0.15, 0.2) is 18.5 Å². The Bertz CT molecular complexity index is 523. The molecule has 1 aromatic rings. The van der Waals surface area contributed by atoms with Gasteiger partial charge in [-0.1, -0.05) is 0 Å². The molecule has 2 amide bonds. The maximum Gasteiger partial charge on any atom is 0.317 e. The van der Waals surface area contributed by atoms with Crippen LogP contribution in [-0.4, -0.2) is 48.1 Å². The van der Waals surface area contributed by atoms with E-state index in [4.69, 9.17) is 5.26 Å². The molecule has 18 heavy (non-hydrogen) atoms. The summed E-state index contributed by atoms with van der Waals surface area (Å²) in [6.07, 6.45) is 3.34. The summed E-state index contributed by atoms with van der Waals surface area (Å²) in [4.78, 5) is 19.6. The standard InChI is InChI=1S/C12H13N5O/c13-5-9-1-2-14-7-11(9)16-3-4-17-10(8-16)6-15-12(17)18/h1-2,7,10H,3-4,6,8H2,(H,15,18). The second kappa shape index (κ2) is 4.18. The lowest BCUT2D eigenvalue weighted by Crippen LogP contribution is -2.52. The SMILES string of the molecule is N#Cc1ccncc1N1CCN2C(=O)NCC2C1. The number of fused-ring (bicyclic) bond motifs is 1. The number of piperazine rings is 1. The number of carbonyl (C=O) groups is 1. The Balaban J connectivity index is 1.83. The monoisotopic (exact) mass is 243 g/mol. The molecule has 1 aromatic heterocycles. The topological polar surface area (TPSA) is 72.3 Å². The van der Waals surface area contributed by atoms with Crippen molar-refractivity contribution in [1.29, 1.82) is 5.26 Å². The van der Waals surface area contributed by atoms with Crippen molar-refractivity contribution >= 4 is 11.7 Å². The lowest BCUT2D eigenvalue weighted by molar-refractivity contribution is 0.197. The van der Waals surface area contributed by atoms with Gasteiger partial charge in [0.05, 0.1) is 23.5 Å². The molecule has 0 spiro atoms. The van der Waals surface area contributed by atoms with E-state index in [-0.39, 0.29) is 12.1 Å². The summed E-state index contributed by atoms with van der Waals surface area (Å²) in [5.41, 5.74) is 1.50. The molecule has 0 bridgehead atoms. The third kappa shape index (κ3) is 1.64. The normalized spacial score (nSPS) is 22.4. The van der Waals surface area contributed by atoms with Crippen LogP contribution in [0.1, 0.15) is 5.56 Å². The summed E-state index contributed by atoms with van der Waals surface area (Å²) in [6, 6.07) is 4.12. The zero-order valence-corrected chi connectivity index (χ0v) is 9.83. The highest BCUT2D eigenvalue weighted by molar-refractivity contribution is 5.77. The minimum Gasteiger partial charge on any atom is -0.365 e. The first-order chi connectivity index (χ1) is 8.79. The average molecular weight is 243 g/mol. The molecular formula is C12H13N5O. The Morgan fingerprint density at radius 1 is 1.50 bits per heavy atom. The summed E-state index contributed by atoms with van der Waals surface area (Å²) in [6.45, 7) is 2.86. The Morgan fingerprint density at radius 3 is 3.22 bits per heavy atom. The molecule has 1 unspecified atom stereocenters. The third-order valence-corrected chi connectivity index (χ3v) is 3.49. The van der Waals surface area contributed by atoms with Crippen LogP contribution in [0, 0.1) is 11.3 Å². The number of amides is 2. The molecular weight excluding hydrogens is 230 g/mol. The highest BCUT2D eigenvalue weighted by Crippen LogP contribution is 2.23. The van der Waals surface area contributed by atoms with Gasteiger partial charge in [0.15, 0.2) is 0 Å². The molecule has 3 rings (SSSR count). The van der Waals surface area contributed by atoms with Gasteiger partial charge in [-0.15, -0.1) is 0 Å². The molecule has 6 nitrogen and oxygen atoms in total. The van der Waals surface area contributed by atoms with Crippen molar-refractivity contribution in [2.24, 2.45) is 0 Å². The van der Waals surface area contributed by atoms with E-state index in [9.17, 15) is 4.79 Å². The Labute approximate surface area is 105 Å². The average Bonchev–Trinajstić information content (AvgIpc) is 2.80. The number of nitrogens with zero attached hydrogens (tertiary/aromatic N) is 4. The number of rotatable bonds is 1. The van der Waals surface area contributed by atoms with Gasteiger partial charge in [0, 0.05) is 32.4 Å². The van der Waals surface area contributed by atoms with E-state index in [2.05, 4.69) is 21.3 Å². The number of anilines is 1. The summed E-state index contributed by atoms with van der Waals surface area (Å²) in [5.74, 6) is 0. The minimum absolute atomic E-state index is 0.0198. The van der Waals surface area contributed by atoms with Crippen LogP contribution >= 0.6 is 0 Å². The number of nitriles is 1. The maximum absolute atomic E-state index is 11.5. The molecule has 0 aromatic carbocycles. The van der Waals surface area contributed by atoms with Crippen LogP contribution in [0.25, 0.3) is 0 Å². The minimum atomic E-state index is 0.0198. The van der Waals surface area contributed by atoms with Gasteiger partial charge in [0.2, 0.25) is 0 Å². The molecule has 3 heterocycles. The fourth-order valence-corrected chi connectivity index (χ4v) is 2.56. The van der Waals surface area contributed by atoms with Crippen molar-refractivity contribution in [3.8, 4) is 6.07 Å². The molecule has 6 heteroatoms. The van der Waals surface area contributed by atoms with E-state index in [0.29, 0.717) is 18.7 Å². The molecule has 1 N–H and O–H groups in total. The Kier molecular flexibility index (Phi) is 2.52. The van der Waals surface area contributed by atoms with Gasteiger partial charge in [-0.3, -0.25) is 4.98 Å². The molecule has 2 aliphatic heterocycles. The number of aromatic nitrogens is 1. The number of nitrogens with one attached hydrogen (secondary N) is 1. The van der Waals surface area contributed by atoms with Gasteiger partial charge < -0.3 is 15.1 Å². The molecule has 0 aliphatic carbocycles. The predicted octanol–water partition coefficient (Wildman–Crippen LogP) is 0.167. The van der Waals surface area contributed by atoms with E-state index in [1.807, 2.05) is 4.90 Å². The highest BCUT2D eigenvalue weighted by Gasteiger charge is 2.35. The molecule has 1 atom stereocenters. The second-order valence-corrected chi connectivity index (χ2v) is 4.48. The number of urea groups is 1. The van der Waals surface area contributed by atoms with E-state index in [0.717, 1.165) is 18.8 Å². The fraction of sp³-hybridized carbons (Fsp3) is 0.417. The summed E-state index contributed by atoms with van der Waals surface area (Å²) < 4.78 is 0. The first kappa shape index (κ1) is 10.8. The van der Waals surface area contributed by atoms with Crippen LogP contribution in [-0.2, 0) is 0 Å². The van der Waals surface area contributed by atoms with Crippen molar-refractivity contribution in [3.63, 3.8) is 0 Å². The lowest BCUT2D eigenvalue weighted by Gasteiger charge is -2.37. The van der Waals surface area contributed by atoms with Gasteiger partial charge in [0.25, 0.3) is 0 Å². The number of hydrogen-bond acceptors (Lipinski definition) is 4. The molecule has 92 valence electrons. The second-order valence-electron chi connectivity index (χ2n) is 4.48. The van der Waals surface area contributed by atoms with Crippen molar-refractivity contribution in [3.05, 3.63) is 24.0 Å². The van der Waals surface area contributed by atoms with E-state index in [1.54, 1.807) is 18.5 Å². The van der Waals surface area contributed by atoms with E-state index >= 15 is 0 Å². The fourth-order valence-electron chi connectivity index (χ4n) is 2.56. The smallest absolute Gasteiger partial charge is 0.317 e. The van der Waals surface area contributed by atoms with E-state index in [1.165, 1.54) is 0 Å². The van der Waals surface area contributed by atoms with Crippen molar-refractivity contribution in [1.82, 2.24) is 15.2 Å². The van der Waals surface area contributed by atoms with Crippen LogP contribution < -0.4 is 10.2 Å². The van der Waals surface area contributed by atoms with Gasteiger partial charge >= 0.3 is 6.03 Å². The summed E-state index contributed by atoms with van der Waals surface area (Å²) in [5, 5.41) is 11.9. The molecule has 2 fully saturated rings. The van der Waals surface area contributed by atoms with Gasteiger partial charge in [-0.05, 0) is 6.07 Å². The molecule has 2 saturated heterocycles. The maximum atomic E-state index is 11.5. The van der Waals surface area contributed by atoms with Gasteiger partial charge in [-0.25, -0.2) is 4.79 Å². The van der Waals surface area contributed by atoms with Gasteiger partial charge in [-0.2, -0.15) is 5.26 Å². The van der Waals surface area contributed by atoms with Crippen LogP contribution in [0.3, 0.4) is 0 Å². The first-order valence-electron chi connectivity index (χ1n) is 5.93. The zero-order valence-electron chi connectivity index (χ0n) is 9.83. The largest absolute Gasteiger partial charge is 0.365 e. The third-order valence-electron chi connectivity index (χ3n) is 3.49. The highest BCUT2D eigenvalue weighted by atomic mass is 16.2. The first-order valence-corrected chi connectivity index (χ1v) is 5.93. The zero-order chi connectivity index (χ0) is 12.5. The predicted molar refractivity (Wildman–Crippen MR) is 65.1 cm³/mol. The van der Waals surface area contributed by atoms with Crippen LogP contribution in [0.5, 0.6) is 0 Å². The van der Waals surface area contributed by atoms with Crippen LogP contribution in [0.4, 0.5) is 10.5 Å². The number of pyridine rings is 1. The Morgan fingerprint density at radius 2 is 2.39 bits per heavy atom. The summed E-state index contributed by atoms with van der Waals surface area (Å²) in [7, 11) is 0. The van der Waals surface area contributed by atoms with Crippen molar-refractivity contribution < 1.29 is 4.79 Å². The van der Waals surface area contributed by atoms with E-state index < -0.39 is 0 Å². The molecule has 0 saturated carbocycles. The number of carbonyl (C=O) groups excluding carboxylic acids is 1.